The third-order valence-corrected chi connectivity index (χ3v) is 4.21. The summed E-state index contributed by atoms with van der Waals surface area (Å²) in [7, 11) is 1.76. The van der Waals surface area contributed by atoms with Crippen LogP contribution in [0.4, 0.5) is 0 Å². The fraction of sp³-hybridized carbons (Fsp3) is 0.600. The summed E-state index contributed by atoms with van der Waals surface area (Å²) in [4.78, 5) is 1.67. The van der Waals surface area contributed by atoms with Crippen LogP contribution in [0.3, 0.4) is 0 Å². The summed E-state index contributed by atoms with van der Waals surface area (Å²) in [6.07, 6.45) is 2.67. The summed E-state index contributed by atoms with van der Waals surface area (Å²) in [6.45, 7) is 5.82. The van der Waals surface area contributed by atoms with Gasteiger partial charge in [-0.25, -0.2) is 0 Å². The monoisotopic (exact) mass is 250 g/mol. The zero-order valence-electron chi connectivity index (χ0n) is 11.6. The van der Waals surface area contributed by atoms with Crippen molar-refractivity contribution in [1.82, 2.24) is 0 Å². The van der Waals surface area contributed by atoms with Crippen LogP contribution in [-0.2, 0) is 0 Å². The average Bonchev–Trinajstić information content (AvgIpc) is 2.42. The van der Waals surface area contributed by atoms with Crippen LogP contribution in [0.15, 0.2) is 24.3 Å². The second-order valence-corrected chi connectivity index (χ2v) is 5.42. The van der Waals surface area contributed by atoms with E-state index in [0.29, 0.717) is 6.04 Å². The third-order valence-electron chi connectivity index (χ3n) is 4.21. The van der Waals surface area contributed by atoms with Gasteiger partial charge in [0.15, 0.2) is 6.04 Å². The molecule has 1 atom stereocenters. The lowest BCUT2D eigenvalue weighted by molar-refractivity contribution is -0.943. The largest absolute Gasteiger partial charge is 0.496 e. The number of nitrogens with one attached hydrogen (secondary N) is 1. The molecular weight excluding hydrogens is 224 g/mol. The lowest BCUT2D eigenvalue weighted by Crippen LogP contribution is -3.14. The van der Waals surface area contributed by atoms with Crippen LogP contribution >= 0.6 is 0 Å². The lowest BCUT2D eigenvalue weighted by atomic mass is 9.95. The minimum Gasteiger partial charge on any atom is -0.496 e. The summed E-state index contributed by atoms with van der Waals surface area (Å²) < 4.78 is 5.50. The zero-order chi connectivity index (χ0) is 13.0. The van der Waals surface area contributed by atoms with E-state index in [1.54, 1.807) is 12.0 Å². The van der Waals surface area contributed by atoms with E-state index in [1.165, 1.54) is 31.5 Å². The molecule has 0 aliphatic carbocycles. The lowest BCUT2D eigenvalue weighted by Gasteiger charge is -2.32. The number of methoxy groups -OCH3 is 1. The highest BCUT2D eigenvalue weighted by Crippen LogP contribution is 2.23. The van der Waals surface area contributed by atoms with Crippen molar-refractivity contribution in [3.8, 4) is 5.75 Å². The minimum atomic E-state index is 0.480. The Morgan fingerprint density at radius 2 is 2.00 bits per heavy atom. The summed E-state index contributed by atoms with van der Waals surface area (Å²) in [5.74, 6) is 1.90. The first-order valence-corrected chi connectivity index (χ1v) is 7.03. The van der Waals surface area contributed by atoms with Gasteiger partial charge in [-0.05, 0) is 30.9 Å². The van der Waals surface area contributed by atoms with Gasteiger partial charge in [0.05, 0.1) is 25.8 Å². The number of likely N-dealkylation sites (tertiary alicyclic amines) is 1. The van der Waals surface area contributed by atoms with Gasteiger partial charge in [-0.15, -0.1) is 0 Å². The van der Waals surface area contributed by atoms with Crippen molar-refractivity contribution in [3.05, 3.63) is 29.8 Å². The molecule has 0 aromatic heterocycles. The molecule has 1 aromatic rings. The van der Waals surface area contributed by atoms with Gasteiger partial charge in [-0.2, -0.15) is 0 Å². The fourth-order valence-electron chi connectivity index (χ4n) is 3.02. The van der Waals surface area contributed by atoms with Gasteiger partial charge in [0.1, 0.15) is 12.3 Å². The molecule has 0 radical (unpaired) electrons. The van der Waals surface area contributed by atoms with Gasteiger partial charge in [0, 0.05) is 0 Å². The minimum absolute atomic E-state index is 0.480. The van der Waals surface area contributed by atoms with Gasteiger partial charge in [0.25, 0.3) is 0 Å². The smallest absolute Gasteiger partial charge is 0.166 e. The van der Waals surface area contributed by atoms with E-state index in [2.05, 4.69) is 30.9 Å². The number of hydrogen-bond acceptors (Lipinski definition) is 1. The third kappa shape index (κ3) is 2.85. The molecule has 3 nitrogen and oxygen atoms in total. The molecule has 3 heteroatoms. The number of hydrogen-bond donors (Lipinski definition) is 2. The average molecular weight is 250 g/mol. The van der Waals surface area contributed by atoms with Crippen LogP contribution in [0.25, 0.3) is 0 Å². The summed E-state index contributed by atoms with van der Waals surface area (Å²) in [5.41, 5.74) is 5.47. The molecule has 1 aliphatic heterocycles. The molecule has 0 amide bonds. The molecule has 100 valence electrons. The van der Waals surface area contributed by atoms with Gasteiger partial charge >= 0.3 is 0 Å². The van der Waals surface area contributed by atoms with Crippen LogP contribution in [0.2, 0.25) is 0 Å². The number of benzene rings is 1. The predicted molar refractivity (Wildman–Crippen MR) is 72.6 cm³/mol. The quantitative estimate of drug-likeness (QED) is 0.792. The maximum atomic E-state index is 5.50. The second-order valence-electron chi connectivity index (χ2n) is 5.42. The first kappa shape index (κ1) is 13.4. The maximum absolute atomic E-state index is 5.50. The molecule has 1 aliphatic rings. The van der Waals surface area contributed by atoms with Crippen molar-refractivity contribution >= 4 is 0 Å². The Morgan fingerprint density at radius 3 is 2.61 bits per heavy atom. The molecule has 4 N–H and O–H groups in total. The van der Waals surface area contributed by atoms with Gasteiger partial charge in [-0.3, -0.25) is 0 Å². The van der Waals surface area contributed by atoms with Crippen LogP contribution in [0, 0.1) is 5.92 Å². The first-order valence-electron chi connectivity index (χ1n) is 7.03. The van der Waals surface area contributed by atoms with Crippen LogP contribution in [0.5, 0.6) is 5.75 Å². The molecule has 1 fully saturated rings. The normalized spacial score (nSPS) is 25.7. The molecule has 1 saturated heterocycles. The van der Waals surface area contributed by atoms with Crippen molar-refractivity contribution < 1.29 is 15.4 Å². The van der Waals surface area contributed by atoms with Crippen molar-refractivity contribution in [3.63, 3.8) is 0 Å². The van der Waals surface area contributed by atoms with Crippen molar-refractivity contribution in [1.29, 1.82) is 0 Å². The molecule has 1 aromatic carbocycles. The molecule has 0 unspecified atom stereocenters. The SMILES string of the molecule is COc1ccccc1[C@@H](C[NH3+])[NH+]1CCC(C)CC1. The highest BCUT2D eigenvalue weighted by molar-refractivity contribution is 5.34. The van der Waals surface area contributed by atoms with E-state index >= 15 is 0 Å². The second kappa shape index (κ2) is 6.21. The van der Waals surface area contributed by atoms with Crippen molar-refractivity contribution in [2.75, 3.05) is 26.7 Å². The van der Waals surface area contributed by atoms with Crippen LogP contribution in [-0.4, -0.2) is 26.7 Å². The number of para-hydroxylation sites is 1. The van der Waals surface area contributed by atoms with Gasteiger partial charge < -0.3 is 15.4 Å². The van der Waals surface area contributed by atoms with Crippen LogP contribution < -0.4 is 15.4 Å². The number of quaternary nitrogens is 2. The van der Waals surface area contributed by atoms with E-state index in [0.717, 1.165) is 18.2 Å². The number of piperidine rings is 1. The molecule has 0 bridgehead atoms. The molecule has 18 heavy (non-hydrogen) atoms. The Labute approximate surface area is 110 Å². The van der Waals surface area contributed by atoms with Crippen molar-refractivity contribution in [2.45, 2.75) is 25.8 Å². The van der Waals surface area contributed by atoms with Gasteiger partial charge in [-0.1, -0.05) is 19.1 Å². The highest BCUT2D eigenvalue weighted by Gasteiger charge is 2.30. The first-order chi connectivity index (χ1) is 8.76. The molecule has 0 spiro atoms. The molecule has 2 rings (SSSR count). The Bertz CT molecular complexity index is 373. The van der Waals surface area contributed by atoms with E-state index < -0.39 is 0 Å². The zero-order valence-corrected chi connectivity index (χ0v) is 11.6. The summed E-state index contributed by atoms with van der Waals surface area (Å²) in [6, 6.07) is 8.88. The highest BCUT2D eigenvalue weighted by atomic mass is 16.5. The van der Waals surface area contributed by atoms with E-state index in [9.17, 15) is 0 Å². The molecular formula is C15H26N2O+2. The Balaban J connectivity index is 2.17. The Hall–Kier alpha value is -1.06. The summed E-state index contributed by atoms with van der Waals surface area (Å²) in [5, 5.41) is 0. The standard InChI is InChI=1S/C15H24N2O/c1-12-7-9-17(10-8-12)14(11-16)13-5-3-4-6-15(13)18-2/h3-6,12,14H,7-11,16H2,1-2H3/p+2/t14-/m1/s1. The van der Waals surface area contributed by atoms with E-state index in [1.807, 2.05) is 6.07 Å². The number of rotatable bonds is 4. The van der Waals surface area contributed by atoms with Crippen LogP contribution in [0.1, 0.15) is 31.4 Å². The number of ether oxygens (including phenoxy) is 1. The topological polar surface area (TPSA) is 41.3 Å². The maximum Gasteiger partial charge on any atom is 0.166 e. The predicted octanol–water partition coefficient (Wildman–Crippen LogP) is 0.293. The summed E-state index contributed by atoms with van der Waals surface area (Å²) >= 11 is 0. The van der Waals surface area contributed by atoms with Crippen molar-refractivity contribution in [2.24, 2.45) is 5.92 Å². The van der Waals surface area contributed by atoms with Gasteiger partial charge in [0.2, 0.25) is 0 Å². The fourth-order valence-corrected chi connectivity index (χ4v) is 3.02. The molecule has 0 saturated carbocycles. The molecule has 1 heterocycles. The van der Waals surface area contributed by atoms with E-state index in [-0.39, 0.29) is 0 Å². The Kier molecular flexibility index (Phi) is 4.61. The Morgan fingerprint density at radius 1 is 1.33 bits per heavy atom. The van der Waals surface area contributed by atoms with E-state index in [4.69, 9.17) is 4.74 Å².